The molecule has 0 fully saturated rings. The van der Waals surface area contributed by atoms with Crippen molar-refractivity contribution < 1.29 is 14.4 Å². The van der Waals surface area contributed by atoms with Crippen molar-refractivity contribution in [2.75, 3.05) is 7.11 Å². The Kier molecular flexibility index (Phi) is 3.52. The number of hydrogen-bond donors (Lipinski definition) is 0. The predicted molar refractivity (Wildman–Crippen MR) is 77.6 cm³/mol. The molecule has 102 valence electrons. The smallest absolute Gasteiger partial charge is 0.375 e. The molecular weight excluding hydrogens is 274 g/mol. The van der Waals surface area contributed by atoms with Gasteiger partial charge in [0.15, 0.2) is 0 Å². The predicted octanol–water partition coefficient (Wildman–Crippen LogP) is 3.26. The van der Waals surface area contributed by atoms with Gasteiger partial charge in [-0.05, 0) is 48.1 Å². The number of thiophene rings is 1. The Morgan fingerprint density at radius 2 is 2.20 bits per heavy atom. The average molecular weight is 287 g/mol. The molecule has 2 aromatic rings. The van der Waals surface area contributed by atoms with Crippen LogP contribution in [0.1, 0.15) is 27.2 Å². The molecule has 0 unspecified atom stereocenters. The van der Waals surface area contributed by atoms with E-state index in [0.717, 1.165) is 29.9 Å². The van der Waals surface area contributed by atoms with E-state index in [-0.39, 0.29) is 0 Å². The molecule has 0 atom stereocenters. The van der Waals surface area contributed by atoms with Crippen LogP contribution < -0.4 is 4.74 Å². The van der Waals surface area contributed by atoms with Gasteiger partial charge in [-0.3, -0.25) is 0 Å². The zero-order valence-corrected chi connectivity index (χ0v) is 11.8. The number of oxime groups is 1. The van der Waals surface area contributed by atoms with Crippen molar-refractivity contribution >= 4 is 23.0 Å². The molecule has 0 amide bonds. The van der Waals surface area contributed by atoms with E-state index in [1.165, 1.54) is 16.9 Å². The van der Waals surface area contributed by atoms with Crippen molar-refractivity contribution in [2.45, 2.75) is 12.8 Å². The maximum absolute atomic E-state index is 11.7. The SMILES string of the molecule is COc1ccc2c(c1)CC/C2=N\OC(=O)c1cccs1. The lowest BCUT2D eigenvalue weighted by Gasteiger charge is -2.03. The second kappa shape index (κ2) is 5.46. The molecule has 1 heterocycles. The van der Waals surface area contributed by atoms with Crippen LogP contribution in [0, 0.1) is 0 Å². The molecule has 0 bridgehead atoms. The van der Waals surface area contributed by atoms with Crippen LogP contribution in [0.5, 0.6) is 5.75 Å². The van der Waals surface area contributed by atoms with Crippen LogP contribution in [-0.2, 0) is 11.3 Å². The van der Waals surface area contributed by atoms with Gasteiger partial charge in [0.2, 0.25) is 0 Å². The summed E-state index contributed by atoms with van der Waals surface area (Å²) < 4.78 is 5.20. The first-order valence-electron chi connectivity index (χ1n) is 6.27. The van der Waals surface area contributed by atoms with Crippen LogP contribution in [0.3, 0.4) is 0 Å². The van der Waals surface area contributed by atoms with Gasteiger partial charge >= 0.3 is 5.97 Å². The third kappa shape index (κ3) is 2.44. The van der Waals surface area contributed by atoms with Crippen molar-refractivity contribution in [2.24, 2.45) is 5.16 Å². The summed E-state index contributed by atoms with van der Waals surface area (Å²) in [4.78, 5) is 17.3. The van der Waals surface area contributed by atoms with Gasteiger partial charge in [-0.2, -0.15) is 0 Å². The van der Waals surface area contributed by atoms with Crippen molar-refractivity contribution in [1.29, 1.82) is 0 Å². The summed E-state index contributed by atoms with van der Waals surface area (Å²) in [6.07, 6.45) is 1.67. The van der Waals surface area contributed by atoms with E-state index in [0.29, 0.717) is 4.88 Å². The molecule has 0 spiro atoms. The highest BCUT2D eigenvalue weighted by Gasteiger charge is 2.19. The molecule has 4 nitrogen and oxygen atoms in total. The van der Waals surface area contributed by atoms with E-state index in [4.69, 9.17) is 9.57 Å². The molecule has 0 saturated heterocycles. The van der Waals surface area contributed by atoms with Gasteiger partial charge in [0.1, 0.15) is 10.6 Å². The van der Waals surface area contributed by atoms with Gasteiger partial charge in [-0.25, -0.2) is 4.79 Å². The number of carbonyl (C=O) groups is 1. The van der Waals surface area contributed by atoms with Crippen LogP contribution in [0.4, 0.5) is 0 Å². The summed E-state index contributed by atoms with van der Waals surface area (Å²) in [5.41, 5.74) is 3.02. The van der Waals surface area contributed by atoms with Gasteiger partial charge in [0.25, 0.3) is 0 Å². The minimum atomic E-state index is -0.408. The monoisotopic (exact) mass is 287 g/mol. The van der Waals surface area contributed by atoms with Crippen LogP contribution in [0.2, 0.25) is 0 Å². The highest BCUT2D eigenvalue weighted by Crippen LogP contribution is 2.26. The molecule has 0 N–H and O–H groups in total. The topological polar surface area (TPSA) is 47.9 Å². The molecule has 3 rings (SSSR count). The molecule has 1 aromatic heterocycles. The van der Waals surface area contributed by atoms with Crippen LogP contribution in [-0.4, -0.2) is 18.8 Å². The number of carbonyl (C=O) groups excluding carboxylic acids is 1. The quantitative estimate of drug-likeness (QED) is 0.643. The van der Waals surface area contributed by atoms with Gasteiger partial charge in [-0.15, -0.1) is 11.3 Å². The Bertz CT molecular complexity index is 662. The van der Waals surface area contributed by atoms with E-state index < -0.39 is 5.97 Å². The zero-order chi connectivity index (χ0) is 13.9. The molecular formula is C15H13NO3S. The third-order valence-corrected chi connectivity index (χ3v) is 4.07. The number of fused-ring (bicyclic) bond motifs is 1. The lowest BCUT2D eigenvalue weighted by Crippen LogP contribution is -2.02. The molecule has 0 radical (unpaired) electrons. The number of ether oxygens (including phenoxy) is 1. The normalized spacial score (nSPS) is 15.2. The van der Waals surface area contributed by atoms with Crippen LogP contribution in [0.15, 0.2) is 40.9 Å². The van der Waals surface area contributed by atoms with Gasteiger partial charge in [0, 0.05) is 5.56 Å². The fraction of sp³-hybridized carbons (Fsp3) is 0.200. The second-order valence-electron chi connectivity index (χ2n) is 4.42. The van der Waals surface area contributed by atoms with E-state index in [2.05, 4.69) is 5.16 Å². The fourth-order valence-corrected chi connectivity index (χ4v) is 2.80. The first-order chi connectivity index (χ1) is 9.78. The summed E-state index contributed by atoms with van der Waals surface area (Å²) in [6, 6.07) is 9.38. The van der Waals surface area contributed by atoms with Crippen molar-refractivity contribution in [1.82, 2.24) is 0 Å². The van der Waals surface area contributed by atoms with Crippen molar-refractivity contribution in [3.8, 4) is 5.75 Å². The number of nitrogens with zero attached hydrogens (tertiary/aromatic N) is 1. The van der Waals surface area contributed by atoms with E-state index >= 15 is 0 Å². The maximum Gasteiger partial charge on any atom is 0.375 e. The molecule has 20 heavy (non-hydrogen) atoms. The van der Waals surface area contributed by atoms with Crippen LogP contribution in [0.25, 0.3) is 0 Å². The molecule has 1 aromatic carbocycles. The molecule has 0 saturated carbocycles. The Morgan fingerprint density at radius 3 is 2.95 bits per heavy atom. The molecule has 5 heteroatoms. The average Bonchev–Trinajstić information content (AvgIpc) is 3.13. The fourth-order valence-electron chi connectivity index (χ4n) is 2.20. The number of hydrogen-bond acceptors (Lipinski definition) is 5. The molecule has 1 aliphatic rings. The maximum atomic E-state index is 11.7. The van der Waals surface area contributed by atoms with Gasteiger partial charge < -0.3 is 9.57 Å². The number of benzene rings is 1. The van der Waals surface area contributed by atoms with E-state index in [1.807, 2.05) is 29.6 Å². The minimum Gasteiger partial charge on any atom is -0.497 e. The lowest BCUT2D eigenvalue weighted by atomic mass is 10.1. The summed E-state index contributed by atoms with van der Waals surface area (Å²) in [5, 5.41) is 5.84. The second-order valence-corrected chi connectivity index (χ2v) is 5.36. The summed E-state index contributed by atoms with van der Waals surface area (Å²) >= 11 is 1.34. The summed E-state index contributed by atoms with van der Waals surface area (Å²) in [7, 11) is 1.65. The van der Waals surface area contributed by atoms with Crippen molar-refractivity contribution in [3.63, 3.8) is 0 Å². The Balaban J connectivity index is 1.77. The third-order valence-electron chi connectivity index (χ3n) is 3.22. The van der Waals surface area contributed by atoms with Gasteiger partial charge in [0.05, 0.1) is 12.8 Å². The van der Waals surface area contributed by atoms with Crippen LogP contribution >= 0.6 is 11.3 Å². The van der Waals surface area contributed by atoms with E-state index in [9.17, 15) is 4.79 Å². The minimum absolute atomic E-state index is 0.408. The first-order valence-corrected chi connectivity index (χ1v) is 7.15. The highest BCUT2D eigenvalue weighted by atomic mass is 32.1. The Hall–Kier alpha value is -2.14. The Labute approximate surface area is 120 Å². The standard InChI is InChI=1S/C15H13NO3S/c1-18-11-5-6-12-10(9-11)4-7-13(12)16-19-15(17)14-3-2-8-20-14/h2-3,5-6,8-9H,4,7H2,1H3/b16-13+. The zero-order valence-electron chi connectivity index (χ0n) is 11.0. The van der Waals surface area contributed by atoms with E-state index in [1.54, 1.807) is 13.2 Å². The number of rotatable bonds is 3. The van der Waals surface area contributed by atoms with Crippen molar-refractivity contribution in [3.05, 3.63) is 51.7 Å². The lowest BCUT2D eigenvalue weighted by molar-refractivity contribution is 0.0522. The number of methoxy groups -OCH3 is 1. The summed E-state index contributed by atoms with van der Waals surface area (Å²) in [5.74, 6) is 0.426. The highest BCUT2D eigenvalue weighted by molar-refractivity contribution is 7.11. The first kappa shape index (κ1) is 12.9. The number of aryl methyl sites for hydroxylation is 1. The van der Waals surface area contributed by atoms with Gasteiger partial charge in [-0.1, -0.05) is 11.2 Å². The Morgan fingerprint density at radius 1 is 1.30 bits per heavy atom. The molecule has 1 aliphatic carbocycles. The summed E-state index contributed by atoms with van der Waals surface area (Å²) in [6.45, 7) is 0. The molecule has 0 aliphatic heterocycles. The largest absolute Gasteiger partial charge is 0.497 e.